The molecule has 0 fully saturated rings. The molecule has 0 aliphatic rings. The minimum atomic E-state index is 0. The van der Waals surface area contributed by atoms with Crippen LogP contribution in [0.15, 0.2) is 66.7 Å². The largest absolute Gasteiger partial charge is 1.00 e. The van der Waals surface area contributed by atoms with E-state index in [0.717, 1.165) is 12.0 Å². The predicted octanol–water partition coefficient (Wildman–Crippen LogP) is -1.96. The minimum absolute atomic E-state index is 0. The zero-order valence-electron chi connectivity index (χ0n) is 11.1. The van der Waals surface area contributed by atoms with Crippen LogP contribution in [0.25, 0.3) is 0 Å². The maximum absolute atomic E-state index is 3.26. The van der Waals surface area contributed by atoms with Crippen molar-refractivity contribution in [3.63, 3.8) is 0 Å². The van der Waals surface area contributed by atoms with Crippen LogP contribution < -0.4 is 59.1 Å². The van der Waals surface area contributed by atoms with Crippen LogP contribution in [0.5, 0.6) is 0 Å². The smallest absolute Gasteiger partial charge is 0.193 e. The Balaban J connectivity index is 0.00000144. The minimum Gasteiger partial charge on any atom is -0.193 e. The average molecular weight is 252 g/mol. The average Bonchev–Trinajstić information content (AvgIpc) is 2.37. The van der Waals surface area contributed by atoms with E-state index in [-0.39, 0.29) is 59.1 Å². The van der Waals surface area contributed by atoms with Gasteiger partial charge in [0.25, 0.3) is 0 Å². The Hall–Kier alpha value is 0.0500. The third-order valence-corrected chi connectivity index (χ3v) is 2.31. The van der Waals surface area contributed by atoms with Crippen LogP contribution in [0.4, 0.5) is 0 Å². The number of rotatable bonds is 4. The molecule has 0 radical (unpaired) electrons. The van der Waals surface area contributed by atoms with Crippen LogP contribution in [0, 0.1) is 12.5 Å². The summed E-state index contributed by atoms with van der Waals surface area (Å²) in [5.41, 5.74) is 2.39. The van der Waals surface area contributed by atoms with Crippen LogP contribution >= 0.6 is 0 Å². The van der Waals surface area contributed by atoms with Crippen LogP contribution in [0.3, 0.4) is 0 Å². The third kappa shape index (κ3) is 6.84. The second-order valence-electron chi connectivity index (χ2n) is 3.56. The standard InChI is InChI=1S/C16H14.2Na/c1-3-9-15(10-4-1)13-7-8-14-16-11-5-2-6-12-16;;/h1-7,9-12,14H,8H2;;/q-2;2*+1. The van der Waals surface area contributed by atoms with Gasteiger partial charge in [0.2, 0.25) is 0 Å². The molecule has 0 aliphatic heterocycles. The molecule has 2 aromatic carbocycles. The molecule has 2 rings (SSSR count). The van der Waals surface area contributed by atoms with Gasteiger partial charge in [0.15, 0.2) is 0 Å². The number of hydrogen-bond acceptors (Lipinski definition) is 0. The molecule has 0 spiro atoms. The van der Waals surface area contributed by atoms with E-state index in [9.17, 15) is 0 Å². The van der Waals surface area contributed by atoms with Crippen molar-refractivity contribution in [3.8, 4) is 0 Å². The van der Waals surface area contributed by atoms with Crippen molar-refractivity contribution in [2.24, 2.45) is 0 Å². The molecule has 18 heavy (non-hydrogen) atoms. The molecule has 2 heteroatoms. The Bertz CT molecular complexity index is 435. The van der Waals surface area contributed by atoms with Crippen molar-refractivity contribution in [1.82, 2.24) is 0 Å². The molecule has 80 valence electrons. The van der Waals surface area contributed by atoms with Crippen molar-refractivity contribution < 1.29 is 59.1 Å². The van der Waals surface area contributed by atoms with Gasteiger partial charge < -0.3 is 0 Å². The zero-order chi connectivity index (χ0) is 11.1. The van der Waals surface area contributed by atoms with E-state index in [1.165, 1.54) is 5.56 Å². The normalized spacial score (nSPS) is 9.33. The van der Waals surface area contributed by atoms with Crippen LogP contribution in [-0.2, 0) is 0 Å². The topological polar surface area (TPSA) is 0 Å². The predicted molar refractivity (Wildman–Crippen MR) is 67.8 cm³/mol. The Morgan fingerprint density at radius 3 is 2.00 bits per heavy atom. The first-order valence-corrected chi connectivity index (χ1v) is 5.47. The quantitative estimate of drug-likeness (QED) is 0.438. The fraction of sp³-hybridized carbons (Fsp3) is 0.0625. The van der Waals surface area contributed by atoms with Crippen LogP contribution in [0.1, 0.15) is 17.5 Å². The summed E-state index contributed by atoms with van der Waals surface area (Å²) in [7, 11) is 0. The Labute approximate surface area is 154 Å². The third-order valence-electron chi connectivity index (χ3n) is 2.31. The van der Waals surface area contributed by atoms with Gasteiger partial charge in [0.1, 0.15) is 0 Å². The number of benzene rings is 2. The second-order valence-corrected chi connectivity index (χ2v) is 3.56. The van der Waals surface area contributed by atoms with Gasteiger partial charge in [0, 0.05) is 0 Å². The fourth-order valence-electron chi connectivity index (χ4n) is 1.50. The summed E-state index contributed by atoms with van der Waals surface area (Å²) in [5.74, 6) is 0. The summed E-state index contributed by atoms with van der Waals surface area (Å²) in [6, 6.07) is 20.5. The molecular weight excluding hydrogens is 238 g/mol. The summed E-state index contributed by atoms with van der Waals surface area (Å²) in [4.78, 5) is 0. The van der Waals surface area contributed by atoms with E-state index in [1.54, 1.807) is 0 Å². The molecular formula is C16H14Na2. The number of allylic oxidation sites excluding steroid dienone is 1. The summed E-state index contributed by atoms with van der Waals surface area (Å²) in [5, 5.41) is 0. The Morgan fingerprint density at radius 1 is 0.833 bits per heavy atom. The molecule has 0 unspecified atom stereocenters. The van der Waals surface area contributed by atoms with Crippen LogP contribution in [-0.4, -0.2) is 0 Å². The fourth-order valence-corrected chi connectivity index (χ4v) is 1.50. The molecule has 0 aliphatic carbocycles. The van der Waals surface area contributed by atoms with E-state index in [2.05, 4.69) is 55.0 Å². The van der Waals surface area contributed by atoms with E-state index >= 15 is 0 Å². The number of hydrogen-bond donors (Lipinski definition) is 0. The van der Waals surface area contributed by atoms with Crippen molar-refractivity contribution in [1.29, 1.82) is 0 Å². The SMILES string of the molecule is [C-](=CC[CH-]c1ccccc1)c1ccccc1.[Na+].[Na+]. The Kier molecular flexibility index (Phi) is 11.0. The van der Waals surface area contributed by atoms with Gasteiger partial charge in [-0.25, -0.2) is 0 Å². The van der Waals surface area contributed by atoms with Gasteiger partial charge in [-0.05, 0) is 0 Å². The summed E-state index contributed by atoms with van der Waals surface area (Å²) in [6.45, 7) is 0. The van der Waals surface area contributed by atoms with E-state index in [0.29, 0.717) is 0 Å². The second kappa shape index (κ2) is 10.9. The summed E-state index contributed by atoms with van der Waals surface area (Å²) >= 11 is 0. The molecule has 0 saturated carbocycles. The molecule has 2 aromatic rings. The molecule has 0 saturated heterocycles. The van der Waals surface area contributed by atoms with Crippen molar-refractivity contribution >= 4 is 0 Å². The molecule has 0 N–H and O–H groups in total. The van der Waals surface area contributed by atoms with Gasteiger partial charge in [-0.3, -0.25) is 0 Å². The van der Waals surface area contributed by atoms with Crippen molar-refractivity contribution in [3.05, 3.63) is 90.4 Å². The molecule has 0 amide bonds. The van der Waals surface area contributed by atoms with Gasteiger partial charge in [-0.15, -0.1) is 24.3 Å². The van der Waals surface area contributed by atoms with Gasteiger partial charge in [-0.1, -0.05) is 18.6 Å². The summed E-state index contributed by atoms with van der Waals surface area (Å²) < 4.78 is 0. The van der Waals surface area contributed by atoms with Crippen LogP contribution in [0.2, 0.25) is 0 Å². The van der Waals surface area contributed by atoms with E-state index < -0.39 is 0 Å². The van der Waals surface area contributed by atoms with Gasteiger partial charge in [0.05, 0.1) is 0 Å². The molecule has 0 atom stereocenters. The van der Waals surface area contributed by atoms with Gasteiger partial charge in [-0.2, -0.15) is 54.0 Å². The van der Waals surface area contributed by atoms with Crippen molar-refractivity contribution in [2.45, 2.75) is 6.42 Å². The monoisotopic (exact) mass is 252 g/mol. The molecule has 0 bridgehead atoms. The molecule has 0 heterocycles. The maximum atomic E-state index is 3.26. The van der Waals surface area contributed by atoms with Gasteiger partial charge >= 0.3 is 59.1 Å². The van der Waals surface area contributed by atoms with E-state index in [4.69, 9.17) is 0 Å². The molecule has 0 aromatic heterocycles. The molecule has 0 nitrogen and oxygen atoms in total. The summed E-state index contributed by atoms with van der Waals surface area (Å²) in [6.07, 6.45) is 8.42. The first kappa shape index (κ1) is 18.0. The first-order chi connectivity index (χ1) is 7.95. The Morgan fingerprint density at radius 2 is 1.39 bits per heavy atom. The maximum Gasteiger partial charge on any atom is 1.00 e. The zero-order valence-corrected chi connectivity index (χ0v) is 15.1. The van der Waals surface area contributed by atoms with Crippen molar-refractivity contribution in [2.75, 3.05) is 0 Å². The first-order valence-electron chi connectivity index (χ1n) is 5.47. The van der Waals surface area contributed by atoms with E-state index in [1.807, 2.05) is 24.3 Å².